The molecule has 1 aliphatic rings. The largest absolute Gasteiger partial charge is 0.361 e. The van der Waals surface area contributed by atoms with Crippen LogP contribution < -0.4 is 0 Å². The summed E-state index contributed by atoms with van der Waals surface area (Å²) in [6.07, 6.45) is 0.441. The van der Waals surface area contributed by atoms with Crippen LogP contribution in [-0.2, 0) is 20.7 Å². The summed E-state index contributed by atoms with van der Waals surface area (Å²) in [6, 6.07) is 12.4. The number of rotatable bonds is 5. The topological polar surface area (TPSA) is 49.9 Å². The van der Waals surface area contributed by atoms with E-state index in [2.05, 4.69) is 23.6 Å². The molecule has 28 heavy (non-hydrogen) atoms. The van der Waals surface area contributed by atoms with Crippen LogP contribution in [0.4, 0.5) is 0 Å². The first-order valence-corrected chi connectivity index (χ1v) is 10.5. The Morgan fingerprint density at radius 1 is 1.21 bits per heavy atom. The number of nitrogens with zero attached hydrogens (tertiary/aromatic N) is 2. The first-order valence-electron chi connectivity index (χ1n) is 9.60. The third kappa shape index (κ3) is 4.28. The molecular formula is C22H28N2O3S. The maximum absolute atomic E-state index is 13.1. The number of thiophene rings is 1. The Bertz CT molecular complexity index is 815. The van der Waals surface area contributed by atoms with E-state index in [1.54, 1.807) is 35.2 Å². The first kappa shape index (κ1) is 20.6. The summed E-state index contributed by atoms with van der Waals surface area (Å²) < 4.78 is 6.07. The molecule has 0 spiro atoms. The number of carbonyl (C=O) groups excluding carboxylic acids is 2. The summed E-state index contributed by atoms with van der Waals surface area (Å²) in [6.45, 7) is 4.95. The summed E-state index contributed by atoms with van der Waals surface area (Å²) in [5.41, 5.74) is 1.14. The summed E-state index contributed by atoms with van der Waals surface area (Å²) in [7, 11) is 3.47. The molecule has 2 aromatic rings. The van der Waals surface area contributed by atoms with Crippen molar-refractivity contribution >= 4 is 23.2 Å². The Morgan fingerprint density at radius 2 is 1.93 bits per heavy atom. The molecule has 0 N–H and O–H groups in total. The van der Waals surface area contributed by atoms with Gasteiger partial charge in [0.1, 0.15) is 0 Å². The summed E-state index contributed by atoms with van der Waals surface area (Å²) in [5, 5.41) is 2.06. The summed E-state index contributed by atoms with van der Waals surface area (Å²) >= 11 is 1.70. The SMILES string of the molecule is CC(C)C(=O)N1CCO[C@](Cc2ccc(-c3cccs3)cc2)(C(=O)N(C)C)C1. The molecule has 1 aromatic heterocycles. The normalized spacial score (nSPS) is 19.7. The highest BCUT2D eigenvalue weighted by atomic mass is 32.1. The minimum atomic E-state index is -1.04. The van der Waals surface area contributed by atoms with Gasteiger partial charge >= 0.3 is 0 Å². The Balaban J connectivity index is 1.86. The van der Waals surface area contributed by atoms with Crippen LogP contribution in [0.25, 0.3) is 10.4 Å². The molecule has 5 nitrogen and oxygen atoms in total. The molecular weight excluding hydrogens is 372 g/mol. The van der Waals surface area contributed by atoms with Crippen LogP contribution in [0.2, 0.25) is 0 Å². The predicted molar refractivity (Wildman–Crippen MR) is 112 cm³/mol. The lowest BCUT2D eigenvalue weighted by Gasteiger charge is -2.43. The number of benzene rings is 1. The van der Waals surface area contributed by atoms with Crippen LogP contribution in [0, 0.1) is 5.92 Å². The van der Waals surface area contributed by atoms with E-state index in [1.807, 2.05) is 32.0 Å². The molecule has 1 atom stereocenters. The van der Waals surface area contributed by atoms with Crippen molar-refractivity contribution in [1.29, 1.82) is 0 Å². The second-order valence-corrected chi connectivity index (χ2v) is 8.76. The minimum absolute atomic E-state index is 0.0623. The highest BCUT2D eigenvalue weighted by Crippen LogP contribution is 2.29. The molecule has 150 valence electrons. The monoisotopic (exact) mass is 400 g/mol. The second kappa shape index (κ2) is 8.45. The molecule has 0 bridgehead atoms. The zero-order valence-electron chi connectivity index (χ0n) is 17.0. The van der Waals surface area contributed by atoms with Gasteiger partial charge in [0.05, 0.1) is 13.2 Å². The maximum atomic E-state index is 13.1. The second-order valence-electron chi connectivity index (χ2n) is 7.81. The van der Waals surface area contributed by atoms with E-state index in [4.69, 9.17) is 4.74 Å². The van der Waals surface area contributed by atoms with Crippen molar-refractivity contribution < 1.29 is 14.3 Å². The zero-order chi connectivity index (χ0) is 20.3. The summed E-state index contributed by atoms with van der Waals surface area (Å²) in [5.74, 6) is -0.140. The predicted octanol–water partition coefficient (Wildman–Crippen LogP) is 3.30. The third-order valence-corrected chi connectivity index (χ3v) is 5.96. The van der Waals surface area contributed by atoms with E-state index in [-0.39, 0.29) is 24.3 Å². The van der Waals surface area contributed by atoms with Gasteiger partial charge < -0.3 is 14.5 Å². The lowest BCUT2D eigenvalue weighted by atomic mass is 9.90. The Kier molecular flexibility index (Phi) is 6.20. The maximum Gasteiger partial charge on any atom is 0.256 e. The average molecular weight is 401 g/mol. The fourth-order valence-corrected chi connectivity index (χ4v) is 4.35. The van der Waals surface area contributed by atoms with E-state index in [1.165, 1.54) is 4.88 Å². The van der Waals surface area contributed by atoms with Crippen molar-refractivity contribution in [1.82, 2.24) is 9.80 Å². The molecule has 2 heterocycles. The van der Waals surface area contributed by atoms with Gasteiger partial charge in [-0.15, -0.1) is 11.3 Å². The molecule has 1 saturated heterocycles. The van der Waals surface area contributed by atoms with Crippen LogP contribution >= 0.6 is 11.3 Å². The van der Waals surface area contributed by atoms with E-state index >= 15 is 0 Å². The molecule has 2 amide bonds. The Morgan fingerprint density at radius 3 is 2.50 bits per heavy atom. The van der Waals surface area contributed by atoms with Gasteiger partial charge in [-0.05, 0) is 22.6 Å². The van der Waals surface area contributed by atoms with Gasteiger partial charge in [-0.1, -0.05) is 44.2 Å². The van der Waals surface area contributed by atoms with Gasteiger partial charge in [0.25, 0.3) is 5.91 Å². The first-order chi connectivity index (χ1) is 13.3. The fraction of sp³-hybridized carbons (Fsp3) is 0.455. The lowest BCUT2D eigenvalue weighted by Crippen LogP contribution is -2.62. The van der Waals surface area contributed by atoms with E-state index < -0.39 is 5.60 Å². The molecule has 1 fully saturated rings. The van der Waals surface area contributed by atoms with Crippen molar-refractivity contribution in [3.63, 3.8) is 0 Å². The molecule has 0 aliphatic carbocycles. The third-order valence-electron chi connectivity index (χ3n) is 5.04. The number of likely N-dealkylation sites (N-methyl/N-ethyl adjacent to an activating group) is 1. The van der Waals surface area contributed by atoms with Crippen LogP contribution in [0.15, 0.2) is 41.8 Å². The molecule has 1 aromatic carbocycles. The molecule has 0 unspecified atom stereocenters. The average Bonchev–Trinajstić information content (AvgIpc) is 3.22. The zero-order valence-corrected chi connectivity index (χ0v) is 17.8. The van der Waals surface area contributed by atoms with Crippen LogP contribution in [-0.4, -0.2) is 61.0 Å². The summed E-state index contributed by atoms with van der Waals surface area (Å²) in [4.78, 5) is 30.2. The van der Waals surface area contributed by atoms with Crippen molar-refractivity contribution in [3.05, 3.63) is 47.3 Å². The fourth-order valence-electron chi connectivity index (χ4n) is 3.62. The van der Waals surface area contributed by atoms with E-state index in [0.717, 1.165) is 11.1 Å². The van der Waals surface area contributed by atoms with Crippen LogP contribution in [0.1, 0.15) is 19.4 Å². The number of morpholine rings is 1. The quantitative estimate of drug-likeness (QED) is 0.774. The number of hydrogen-bond acceptors (Lipinski definition) is 4. The van der Waals surface area contributed by atoms with Crippen molar-refractivity contribution in [2.24, 2.45) is 5.92 Å². The van der Waals surface area contributed by atoms with Gasteiger partial charge in [-0.25, -0.2) is 0 Å². The number of amides is 2. The number of ether oxygens (including phenoxy) is 1. The van der Waals surface area contributed by atoms with Gasteiger partial charge in [0.15, 0.2) is 5.60 Å². The highest BCUT2D eigenvalue weighted by Gasteiger charge is 2.46. The minimum Gasteiger partial charge on any atom is -0.361 e. The molecule has 6 heteroatoms. The highest BCUT2D eigenvalue weighted by molar-refractivity contribution is 7.13. The van der Waals surface area contributed by atoms with Gasteiger partial charge in [-0.2, -0.15) is 0 Å². The van der Waals surface area contributed by atoms with Crippen molar-refractivity contribution in [2.45, 2.75) is 25.9 Å². The van der Waals surface area contributed by atoms with Gasteiger partial charge in [-0.3, -0.25) is 9.59 Å². The molecule has 0 radical (unpaired) electrons. The molecule has 3 rings (SSSR count). The van der Waals surface area contributed by atoms with E-state index in [0.29, 0.717) is 19.6 Å². The molecule has 0 saturated carbocycles. The van der Waals surface area contributed by atoms with Gasteiger partial charge in [0.2, 0.25) is 5.91 Å². The lowest BCUT2D eigenvalue weighted by molar-refractivity contribution is -0.173. The van der Waals surface area contributed by atoms with Crippen molar-refractivity contribution in [2.75, 3.05) is 33.8 Å². The van der Waals surface area contributed by atoms with Crippen LogP contribution in [0.3, 0.4) is 0 Å². The molecule has 1 aliphatic heterocycles. The Labute approximate surface area is 170 Å². The van der Waals surface area contributed by atoms with Gasteiger partial charge in [0, 0.05) is 37.9 Å². The van der Waals surface area contributed by atoms with E-state index in [9.17, 15) is 9.59 Å². The van der Waals surface area contributed by atoms with Crippen LogP contribution in [0.5, 0.6) is 0 Å². The smallest absolute Gasteiger partial charge is 0.256 e. The van der Waals surface area contributed by atoms with Crippen molar-refractivity contribution in [3.8, 4) is 10.4 Å². The standard InChI is InChI=1S/C22H28N2O3S/c1-16(2)20(25)24-11-12-27-22(15-24,21(26)23(3)4)14-17-7-9-18(10-8-17)19-6-5-13-28-19/h5-10,13,16H,11-12,14-15H2,1-4H3/t22-/m0/s1. The number of carbonyl (C=O) groups is 2. The Hall–Kier alpha value is -2.18. The number of hydrogen-bond donors (Lipinski definition) is 0.